The van der Waals surface area contributed by atoms with Crippen LogP contribution in [0.1, 0.15) is 303 Å². The molecule has 0 aliphatic carbocycles. The predicted molar refractivity (Wildman–Crippen MR) is 337 cm³/mol. The topological polar surface area (TPSA) is 228 Å². The van der Waals surface area contributed by atoms with Crippen LogP contribution in [0.15, 0.2) is 36.5 Å². The number of nitrogens with one attached hydrogen (secondary N) is 1. The van der Waals surface area contributed by atoms with E-state index in [4.69, 9.17) is 18.9 Å². The second-order valence-corrected chi connectivity index (χ2v) is 24.7. The Labute approximate surface area is 506 Å². The monoisotopic (exact) mass is 1180 g/mol. The van der Waals surface area contributed by atoms with Crippen LogP contribution in [0.4, 0.5) is 0 Å². The maximum atomic E-state index is 13.3. The van der Waals surface area contributed by atoms with Gasteiger partial charge in [-0.05, 0) is 51.4 Å². The molecule has 2 saturated heterocycles. The van der Waals surface area contributed by atoms with E-state index in [0.717, 1.165) is 44.9 Å². The van der Waals surface area contributed by atoms with Crippen molar-refractivity contribution in [2.75, 3.05) is 19.8 Å². The first-order valence-corrected chi connectivity index (χ1v) is 34.7. The lowest BCUT2D eigenvalue weighted by atomic mass is 9.97. The summed E-state index contributed by atoms with van der Waals surface area (Å²) in [6, 6.07) is -0.917. The van der Waals surface area contributed by atoms with Crippen LogP contribution in [-0.2, 0) is 23.7 Å². The highest BCUT2D eigenvalue weighted by Crippen LogP contribution is 2.30. The van der Waals surface area contributed by atoms with Crippen molar-refractivity contribution >= 4 is 5.91 Å². The number of amides is 1. The third-order valence-corrected chi connectivity index (χ3v) is 17.1. The van der Waals surface area contributed by atoms with Gasteiger partial charge in [-0.2, -0.15) is 0 Å². The maximum absolute atomic E-state index is 13.3. The Morgan fingerprint density at radius 3 is 1.20 bits per heavy atom. The molecule has 0 aromatic rings. The summed E-state index contributed by atoms with van der Waals surface area (Å²) in [5, 5.41) is 87.4. The van der Waals surface area contributed by atoms with Gasteiger partial charge in [-0.15, -0.1) is 0 Å². The van der Waals surface area contributed by atoms with E-state index >= 15 is 0 Å². The Balaban J connectivity index is 1.70. The molecule has 12 unspecified atom stereocenters. The Hall–Kier alpha value is -1.79. The van der Waals surface area contributed by atoms with Crippen molar-refractivity contribution in [3.05, 3.63) is 36.5 Å². The molecule has 12 atom stereocenters. The molecule has 2 fully saturated rings. The van der Waals surface area contributed by atoms with Crippen molar-refractivity contribution < 1.29 is 64.6 Å². The molecule has 0 aromatic heterocycles. The van der Waals surface area contributed by atoms with Crippen LogP contribution in [0.2, 0.25) is 0 Å². The second kappa shape index (κ2) is 54.4. The van der Waals surface area contributed by atoms with Crippen molar-refractivity contribution in [2.45, 2.75) is 376 Å². The lowest BCUT2D eigenvalue weighted by molar-refractivity contribution is -0.359. The molecule has 0 aromatic carbocycles. The summed E-state index contributed by atoms with van der Waals surface area (Å²) >= 11 is 0. The zero-order chi connectivity index (χ0) is 60.2. The van der Waals surface area contributed by atoms with Crippen molar-refractivity contribution in [3.8, 4) is 0 Å². The molecule has 2 aliphatic rings. The first-order valence-electron chi connectivity index (χ1n) is 34.7. The first-order chi connectivity index (χ1) is 40.6. The Bertz CT molecular complexity index is 1530. The number of unbranched alkanes of at least 4 members (excludes halogenated alkanes) is 40. The molecule has 0 bridgehead atoms. The van der Waals surface area contributed by atoms with Gasteiger partial charge in [0.2, 0.25) is 5.91 Å². The molecule has 14 heteroatoms. The molecule has 2 rings (SSSR count). The van der Waals surface area contributed by atoms with Gasteiger partial charge in [0.15, 0.2) is 12.6 Å². The lowest BCUT2D eigenvalue weighted by Gasteiger charge is -2.46. The fraction of sp³-hybridized carbons (Fsp3) is 0.899. The van der Waals surface area contributed by atoms with Crippen LogP contribution in [0.5, 0.6) is 0 Å². The van der Waals surface area contributed by atoms with Gasteiger partial charge in [-0.1, -0.05) is 281 Å². The van der Waals surface area contributed by atoms with E-state index in [2.05, 4.69) is 43.5 Å². The highest BCUT2D eigenvalue weighted by molar-refractivity contribution is 5.76. The standard InChI is InChI=1S/C69H129NO13/c1-3-5-7-9-11-13-15-17-19-21-23-25-27-28-29-31-32-34-36-38-40-42-44-46-48-50-52-58(73)57(56-80-68-66(79)64(77)67(60(55-72)82-68)83-69-65(78)63(76)62(75)59(54-71)81-69)70-61(74)53-51-49-47-45-43-41-39-37-35-33-30-26-24-22-20-18-16-14-12-10-8-6-4-2/h16,18,22,24,50,52,57-60,62-69,71-73,75-79H,3-15,17,19-21,23,25-49,51,53-56H2,1-2H3,(H,70,74)/b18-16-,24-22-,52-50+. The summed E-state index contributed by atoms with van der Waals surface area (Å²) in [6.07, 6.45) is 51.9. The Morgan fingerprint density at radius 1 is 0.434 bits per heavy atom. The summed E-state index contributed by atoms with van der Waals surface area (Å²) in [7, 11) is 0. The Kier molecular flexibility index (Phi) is 50.6. The zero-order valence-corrected chi connectivity index (χ0v) is 53.0. The van der Waals surface area contributed by atoms with Crippen molar-refractivity contribution in [1.82, 2.24) is 5.32 Å². The summed E-state index contributed by atoms with van der Waals surface area (Å²) < 4.78 is 22.9. The normalized spacial score (nSPS) is 24.0. The highest BCUT2D eigenvalue weighted by Gasteiger charge is 2.51. The van der Waals surface area contributed by atoms with Gasteiger partial charge in [-0.3, -0.25) is 4.79 Å². The van der Waals surface area contributed by atoms with E-state index in [1.165, 1.54) is 231 Å². The first kappa shape index (κ1) is 77.3. The van der Waals surface area contributed by atoms with Crippen LogP contribution in [0.25, 0.3) is 0 Å². The predicted octanol–water partition coefficient (Wildman–Crippen LogP) is 13.7. The summed E-state index contributed by atoms with van der Waals surface area (Å²) in [6.45, 7) is 2.83. The highest BCUT2D eigenvalue weighted by atomic mass is 16.7. The number of carbonyl (C=O) groups is 1. The molecule has 83 heavy (non-hydrogen) atoms. The Morgan fingerprint density at radius 2 is 0.795 bits per heavy atom. The number of hydrogen-bond donors (Lipinski definition) is 9. The second-order valence-electron chi connectivity index (χ2n) is 24.7. The van der Waals surface area contributed by atoms with Crippen LogP contribution < -0.4 is 5.32 Å². The molecular weight excluding hydrogens is 1050 g/mol. The van der Waals surface area contributed by atoms with Crippen LogP contribution >= 0.6 is 0 Å². The third-order valence-electron chi connectivity index (χ3n) is 17.1. The largest absolute Gasteiger partial charge is 0.394 e. The number of aliphatic hydroxyl groups is 8. The molecule has 2 heterocycles. The van der Waals surface area contributed by atoms with E-state index in [0.29, 0.717) is 6.42 Å². The maximum Gasteiger partial charge on any atom is 0.220 e. The van der Waals surface area contributed by atoms with Crippen LogP contribution in [0, 0.1) is 0 Å². The average Bonchev–Trinajstić information content (AvgIpc) is 3.64. The van der Waals surface area contributed by atoms with E-state index in [1.807, 2.05) is 6.08 Å². The SMILES string of the molecule is CCCCCCC/C=C\C/C=C\CCCCCCCCCCCCCC(=O)NC(COC1OC(CO)C(OC2OC(CO)C(O)C(O)C2O)C(O)C1O)C(O)/C=C/CCCCCCCCCCCCCCCCCCCCCCCCCC. The molecule has 9 N–H and O–H groups in total. The van der Waals surface area contributed by atoms with Gasteiger partial charge < -0.3 is 65.1 Å². The van der Waals surface area contributed by atoms with Gasteiger partial charge in [0.05, 0.1) is 32.0 Å². The summed E-state index contributed by atoms with van der Waals surface area (Å²) in [4.78, 5) is 13.3. The number of aliphatic hydroxyl groups excluding tert-OH is 8. The third kappa shape index (κ3) is 39.0. The van der Waals surface area contributed by atoms with Crippen LogP contribution in [0.3, 0.4) is 0 Å². The number of hydrogen-bond acceptors (Lipinski definition) is 13. The van der Waals surface area contributed by atoms with Crippen molar-refractivity contribution in [2.24, 2.45) is 0 Å². The molecule has 0 saturated carbocycles. The molecule has 0 spiro atoms. The number of allylic oxidation sites excluding steroid dienone is 5. The molecule has 1 amide bonds. The minimum Gasteiger partial charge on any atom is -0.394 e. The van der Waals surface area contributed by atoms with E-state index < -0.39 is 86.8 Å². The van der Waals surface area contributed by atoms with Gasteiger partial charge in [0, 0.05) is 6.42 Å². The summed E-state index contributed by atoms with van der Waals surface area (Å²) in [5.41, 5.74) is 0. The smallest absolute Gasteiger partial charge is 0.220 e. The van der Waals surface area contributed by atoms with E-state index in [-0.39, 0.29) is 18.9 Å². The van der Waals surface area contributed by atoms with Gasteiger partial charge in [-0.25, -0.2) is 0 Å². The number of rotatable bonds is 57. The minimum absolute atomic E-state index is 0.238. The minimum atomic E-state index is -1.79. The number of carbonyl (C=O) groups excluding carboxylic acids is 1. The van der Waals surface area contributed by atoms with Crippen molar-refractivity contribution in [3.63, 3.8) is 0 Å². The molecule has 2 aliphatic heterocycles. The average molecular weight is 1180 g/mol. The zero-order valence-electron chi connectivity index (χ0n) is 53.0. The van der Waals surface area contributed by atoms with Gasteiger partial charge in [0.25, 0.3) is 0 Å². The quantitative estimate of drug-likeness (QED) is 0.0204. The fourth-order valence-corrected chi connectivity index (χ4v) is 11.5. The van der Waals surface area contributed by atoms with Crippen molar-refractivity contribution in [1.29, 1.82) is 0 Å². The number of ether oxygens (including phenoxy) is 4. The van der Waals surface area contributed by atoms with E-state index in [1.54, 1.807) is 6.08 Å². The molecule has 0 radical (unpaired) electrons. The van der Waals surface area contributed by atoms with Gasteiger partial charge in [0.1, 0.15) is 48.8 Å². The fourth-order valence-electron chi connectivity index (χ4n) is 11.5. The molecule has 14 nitrogen and oxygen atoms in total. The van der Waals surface area contributed by atoms with E-state index in [9.17, 15) is 45.6 Å². The van der Waals surface area contributed by atoms with Crippen LogP contribution in [-0.4, -0.2) is 140 Å². The summed E-state index contributed by atoms with van der Waals surface area (Å²) in [5.74, 6) is -0.238. The lowest BCUT2D eigenvalue weighted by Crippen LogP contribution is -2.65. The van der Waals surface area contributed by atoms with Gasteiger partial charge >= 0.3 is 0 Å². The molecular formula is C69H129NO13. The molecule has 488 valence electrons.